The van der Waals surface area contributed by atoms with E-state index in [4.69, 9.17) is 10.5 Å². The molecule has 0 aliphatic heterocycles. The van der Waals surface area contributed by atoms with Crippen molar-refractivity contribution in [1.29, 1.82) is 10.5 Å². The normalized spacial score (nSPS) is 8.86. The molecule has 0 radical (unpaired) electrons. The van der Waals surface area contributed by atoms with Gasteiger partial charge in [-0.1, -0.05) is 6.92 Å². The number of nitrogens with zero attached hydrogens (tertiary/aromatic N) is 2. The maximum absolute atomic E-state index is 8.57. The van der Waals surface area contributed by atoms with Crippen molar-refractivity contribution in [3.8, 4) is 12.1 Å². The fourth-order valence-corrected chi connectivity index (χ4v) is 2.85. The Balaban J connectivity index is 3.06. The van der Waals surface area contributed by atoms with Gasteiger partial charge in [0.1, 0.15) is 17.7 Å². The van der Waals surface area contributed by atoms with Gasteiger partial charge in [0.05, 0.1) is 3.79 Å². The van der Waals surface area contributed by atoms with Gasteiger partial charge in [-0.3, -0.25) is 0 Å². The maximum atomic E-state index is 8.57. The number of hydrogen-bond acceptors (Lipinski definition) is 3. The van der Waals surface area contributed by atoms with E-state index in [1.807, 2.05) is 18.2 Å². The minimum atomic E-state index is 0.140. The van der Waals surface area contributed by atoms with E-state index in [2.05, 4.69) is 22.9 Å². The van der Waals surface area contributed by atoms with Gasteiger partial charge in [0.15, 0.2) is 0 Å². The molecule has 0 saturated heterocycles. The standard InChI is InChI=1S/C10H7BrN2S/c1-2-8-4-9(14-10(8)11)3-7(5-12)6-13/h3-4H,2H2,1H3. The Morgan fingerprint density at radius 3 is 2.64 bits per heavy atom. The summed E-state index contributed by atoms with van der Waals surface area (Å²) in [5, 5.41) is 17.1. The van der Waals surface area contributed by atoms with Gasteiger partial charge in [0.25, 0.3) is 0 Å². The lowest BCUT2D eigenvalue weighted by Crippen LogP contribution is -1.73. The second kappa shape index (κ2) is 4.95. The fourth-order valence-electron chi connectivity index (χ4n) is 0.971. The van der Waals surface area contributed by atoms with E-state index < -0.39 is 0 Å². The van der Waals surface area contributed by atoms with E-state index in [9.17, 15) is 0 Å². The molecule has 0 aliphatic rings. The Bertz CT molecular complexity index is 430. The first-order valence-corrected chi connectivity index (χ1v) is 5.62. The third-order valence-corrected chi connectivity index (χ3v) is 3.59. The number of allylic oxidation sites excluding steroid dienone is 1. The molecule has 0 amide bonds. The molecule has 1 aromatic rings. The molecule has 4 heteroatoms. The van der Waals surface area contributed by atoms with Gasteiger partial charge in [0.2, 0.25) is 0 Å². The fraction of sp³-hybridized carbons (Fsp3) is 0.200. The second-order valence-corrected chi connectivity index (χ2v) is 4.98. The molecule has 0 bridgehead atoms. The Morgan fingerprint density at radius 1 is 1.57 bits per heavy atom. The zero-order chi connectivity index (χ0) is 10.6. The predicted octanol–water partition coefficient (Wildman–Crippen LogP) is 3.50. The number of halogens is 1. The Morgan fingerprint density at radius 2 is 2.21 bits per heavy atom. The zero-order valence-corrected chi connectivity index (χ0v) is 9.94. The highest BCUT2D eigenvalue weighted by Gasteiger charge is 2.04. The van der Waals surface area contributed by atoms with Crippen LogP contribution in [0.2, 0.25) is 0 Å². The first-order valence-electron chi connectivity index (χ1n) is 4.01. The quantitative estimate of drug-likeness (QED) is 0.770. The summed E-state index contributed by atoms with van der Waals surface area (Å²) in [6.07, 6.45) is 2.55. The van der Waals surface area contributed by atoms with Crippen LogP contribution in [0.4, 0.5) is 0 Å². The first-order chi connectivity index (χ1) is 6.71. The van der Waals surface area contributed by atoms with Gasteiger partial charge in [0, 0.05) is 4.88 Å². The van der Waals surface area contributed by atoms with Crippen LogP contribution in [0.3, 0.4) is 0 Å². The monoisotopic (exact) mass is 266 g/mol. The zero-order valence-electron chi connectivity index (χ0n) is 7.54. The molecule has 2 nitrogen and oxygen atoms in total. The molecule has 0 spiro atoms. The van der Waals surface area contributed by atoms with Crippen LogP contribution in [0.25, 0.3) is 6.08 Å². The van der Waals surface area contributed by atoms with E-state index in [0.29, 0.717) is 0 Å². The van der Waals surface area contributed by atoms with Gasteiger partial charge in [-0.2, -0.15) is 10.5 Å². The summed E-state index contributed by atoms with van der Waals surface area (Å²) >= 11 is 4.97. The van der Waals surface area contributed by atoms with Crippen molar-refractivity contribution in [3.05, 3.63) is 25.9 Å². The van der Waals surface area contributed by atoms with E-state index in [-0.39, 0.29) is 5.57 Å². The summed E-state index contributed by atoms with van der Waals surface area (Å²) in [6.45, 7) is 2.07. The minimum absolute atomic E-state index is 0.140. The second-order valence-electron chi connectivity index (χ2n) is 2.58. The van der Waals surface area contributed by atoms with E-state index in [1.54, 1.807) is 6.08 Å². The number of aryl methyl sites for hydroxylation is 1. The average molecular weight is 267 g/mol. The lowest BCUT2D eigenvalue weighted by atomic mass is 10.2. The van der Waals surface area contributed by atoms with Crippen LogP contribution in [0.15, 0.2) is 15.4 Å². The number of rotatable bonds is 2. The Hall–Kier alpha value is -1.10. The lowest BCUT2D eigenvalue weighted by molar-refractivity contribution is 1.15. The van der Waals surface area contributed by atoms with Crippen molar-refractivity contribution in [2.24, 2.45) is 0 Å². The molecular formula is C10H7BrN2S. The van der Waals surface area contributed by atoms with Crippen LogP contribution in [0, 0.1) is 22.7 Å². The summed E-state index contributed by atoms with van der Waals surface area (Å²) in [7, 11) is 0. The highest BCUT2D eigenvalue weighted by atomic mass is 79.9. The smallest absolute Gasteiger partial charge is 0.131 e. The van der Waals surface area contributed by atoms with Crippen molar-refractivity contribution in [1.82, 2.24) is 0 Å². The van der Waals surface area contributed by atoms with Gasteiger partial charge < -0.3 is 0 Å². The highest BCUT2D eigenvalue weighted by molar-refractivity contribution is 9.11. The molecule has 14 heavy (non-hydrogen) atoms. The van der Waals surface area contributed by atoms with Crippen molar-refractivity contribution < 1.29 is 0 Å². The van der Waals surface area contributed by atoms with Gasteiger partial charge in [-0.05, 0) is 40.1 Å². The molecule has 70 valence electrons. The largest absolute Gasteiger partial charge is 0.192 e. The minimum Gasteiger partial charge on any atom is -0.192 e. The summed E-state index contributed by atoms with van der Waals surface area (Å²) < 4.78 is 1.07. The van der Waals surface area contributed by atoms with Crippen molar-refractivity contribution in [2.75, 3.05) is 0 Å². The summed E-state index contributed by atoms with van der Waals surface area (Å²) in [4.78, 5) is 0.937. The molecule has 0 aliphatic carbocycles. The third kappa shape index (κ3) is 2.45. The van der Waals surface area contributed by atoms with E-state index in [1.165, 1.54) is 16.9 Å². The molecule has 1 rings (SSSR count). The molecule has 0 atom stereocenters. The number of hydrogen-bond donors (Lipinski definition) is 0. The molecule has 0 unspecified atom stereocenters. The first kappa shape index (κ1) is 11.0. The molecule has 0 aromatic carbocycles. The SMILES string of the molecule is CCc1cc(C=C(C#N)C#N)sc1Br. The highest BCUT2D eigenvalue weighted by Crippen LogP contribution is 2.29. The van der Waals surface area contributed by atoms with Crippen LogP contribution in [-0.4, -0.2) is 0 Å². The van der Waals surface area contributed by atoms with Gasteiger partial charge in [-0.15, -0.1) is 11.3 Å². The lowest BCUT2D eigenvalue weighted by Gasteiger charge is -1.86. The van der Waals surface area contributed by atoms with Crippen molar-refractivity contribution in [2.45, 2.75) is 13.3 Å². The van der Waals surface area contributed by atoms with Crippen LogP contribution in [0.1, 0.15) is 17.4 Å². The van der Waals surface area contributed by atoms with Gasteiger partial charge in [-0.25, -0.2) is 0 Å². The van der Waals surface area contributed by atoms with Crippen molar-refractivity contribution in [3.63, 3.8) is 0 Å². The molecule has 1 aromatic heterocycles. The van der Waals surface area contributed by atoms with Crippen LogP contribution in [-0.2, 0) is 6.42 Å². The summed E-state index contributed by atoms with van der Waals surface area (Å²) in [5.41, 5.74) is 1.35. The molecular weight excluding hydrogens is 260 g/mol. The molecule has 0 fully saturated rings. The van der Waals surface area contributed by atoms with Crippen LogP contribution >= 0.6 is 27.3 Å². The molecule has 0 saturated carbocycles. The van der Waals surface area contributed by atoms with Gasteiger partial charge >= 0.3 is 0 Å². The van der Waals surface area contributed by atoms with Crippen LogP contribution in [0.5, 0.6) is 0 Å². The Kier molecular flexibility index (Phi) is 3.88. The number of thiophene rings is 1. The van der Waals surface area contributed by atoms with E-state index in [0.717, 1.165) is 15.1 Å². The molecule has 1 heterocycles. The predicted molar refractivity (Wildman–Crippen MR) is 60.6 cm³/mol. The topological polar surface area (TPSA) is 47.6 Å². The number of nitriles is 2. The van der Waals surface area contributed by atoms with Crippen molar-refractivity contribution >= 4 is 33.3 Å². The van der Waals surface area contributed by atoms with E-state index >= 15 is 0 Å². The third-order valence-electron chi connectivity index (χ3n) is 1.68. The average Bonchev–Trinajstić information content (AvgIpc) is 2.55. The van der Waals surface area contributed by atoms with Crippen LogP contribution < -0.4 is 0 Å². The summed E-state index contributed by atoms with van der Waals surface area (Å²) in [5.74, 6) is 0. The maximum Gasteiger partial charge on any atom is 0.131 e. The molecule has 0 N–H and O–H groups in total. The Labute approximate surface area is 95.2 Å². The summed E-state index contributed by atoms with van der Waals surface area (Å²) in [6, 6.07) is 5.67.